The smallest absolute Gasteiger partial charge is 0.251 e. The Labute approximate surface area is 146 Å². The first-order valence-corrected chi connectivity index (χ1v) is 9.10. The van der Waals surface area contributed by atoms with Gasteiger partial charge in [0, 0.05) is 25.2 Å². The lowest BCUT2D eigenvalue weighted by Crippen LogP contribution is -2.37. The van der Waals surface area contributed by atoms with Gasteiger partial charge in [0.2, 0.25) is 0 Å². The summed E-state index contributed by atoms with van der Waals surface area (Å²) in [7, 11) is 0. The second-order valence-corrected chi connectivity index (χ2v) is 5.79. The maximum absolute atomic E-state index is 12.0. The van der Waals surface area contributed by atoms with Crippen LogP contribution < -0.4 is 16.0 Å². The molecule has 0 bridgehead atoms. The highest BCUT2D eigenvalue weighted by atomic mass is 16.1. The maximum Gasteiger partial charge on any atom is 0.251 e. The average Bonchev–Trinajstić information content (AvgIpc) is 2.61. The fourth-order valence-electron chi connectivity index (χ4n) is 2.25. The van der Waals surface area contributed by atoms with Gasteiger partial charge in [-0.25, -0.2) is 4.99 Å². The van der Waals surface area contributed by atoms with Crippen molar-refractivity contribution in [3.05, 3.63) is 35.4 Å². The van der Waals surface area contributed by atoms with Gasteiger partial charge in [0.25, 0.3) is 5.91 Å². The van der Waals surface area contributed by atoms with Crippen molar-refractivity contribution in [2.24, 2.45) is 4.99 Å². The summed E-state index contributed by atoms with van der Waals surface area (Å²) in [5, 5.41) is 9.51. The molecule has 0 saturated carbocycles. The van der Waals surface area contributed by atoms with Crippen LogP contribution in [0, 0.1) is 0 Å². The second-order valence-electron chi connectivity index (χ2n) is 5.79. The second kappa shape index (κ2) is 12.4. The molecule has 24 heavy (non-hydrogen) atoms. The molecule has 1 aromatic rings. The largest absolute Gasteiger partial charge is 0.357 e. The molecule has 3 N–H and O–H groups in total. The first-order chi connectivity index (χ1) is 11.7. The van der Waals surface area contributed by atoms with Crippen molar-refractivity contribution in [1.29, 1.82) is 0 Å². The van der Waals surface area contributed by atoms with E-state index in [9.17, 15) is 4.79 Å². The summed E-state index contributed by atoms with van der Waals surface area (Å²) < 4.78 is 0. The van der Waals surface area contributed by atoms with Crippen LogP contribution >= 0.6 is 0 Å². The molecule has 5 heteroatoms. The zero-order chi connectivity index (χ0) is 17.6. The van der Waals surface area contributed by atoms with E-state index in [0.717, 1.165) is 37.5 Å². The van der Waals surface area contributed by atoms with Crippen molar-refractivity contribution in [2.45, 2.75) is 53.0 Å². The highest BCUT2D eigenvalue weighted by Crippen LogP contribution is 2.07. The molecule has 134 valence electrons. The fourth-order valence-corrected chi connectivity index (χ4v) is 2.25. The minimum atomic E-state index is -0.0210. The molecule has 0 heterocycles. The summed E-state index contributed by atoms with van der Waals surface area (Å²) in [6.07, 6.45) is 4.52. The minimum absolute atomic E-state index is 0.0210. The van der Waals surface area contributed by atoms with E-state index in [0.29, 0.717) is 18.7 Å². The molecule has 0 aliphatic carbocycles. The van der Waals surface area contributed by atoms with Gasteiger partial charge >= 0.3 is 0 Å². The van der Waals surface area contributed by atoms with Gasteiger partial charge in [-0.3, -0.25) is 4.79 Å². The van der Waals surface area contributed by atoms with Crippen LogP contribution in [0.25, 0.3) is 0 Å². The normalized spacial score (nSPS) is 11.2. The molecule has 0 saturated heterocycles. The fraction of sp³-hybridized carbons (Fsp3) is 0.579. The van der Waals surface area contributed by atoms with Crippen LogP contribution in [0.5, 0.6) is 0 Å². The lowest BCUT2D eigenvalue weighted by molar-refractivity contribution is 0.0953. The highest BCUT2D eigenvalue weighted by Gasteiger charge is 2.05. The predicted molar refractivity (Wildman–Crippen MR) is 101 cm³/mol. The molecule has 0 unspecified atom stereocenters. The van der Waals surface area contributed by atoms with Crippen molar-refractivity contribution in [3.63, 3.8) is 0 Å². The lowest BCUT2D eigenvalue weighted by atomic mass is 10.1. The highest BCUT2D eigenvalue weighted by molar-refractivity contribution is 5.94. The molecule has 0 aliphatic heterocycles. The number of nitrogens with one attached hydrogen (secondary N) is 3. The number of benzene rings is 1. The van der Waals surface area contributed by atoms with Crippen molar-refractivity contribution < 1.29 is 4.79 Å². The third-order valence-corrected chi connectivity index (χ3v) is 3.56. The molecule has 0 spiro atoms. The van der Waals surface area contributed by atoms with E-state index in [1.807, 2.05) is 31.2 Å². The monoisotopic (exact) mass is 332 g/mol. The van der Waals surface area contributed by atoms with Gasteiger partial charge < -0.3 is 16.0 Å². The summed E-state index contributed by atoms with van der Waals surface area (Å²) in [5.74, 6) is 0.807. The van der Waals surface area contributed by atoms with Crippen LogP contribution in [-0.2, 0) is 6.54 Å². The van der Waals surface area contributed by atoms with Crippen LogP contribution in [0.15, 0.2) is 29.3 Å². The van der Waals surface area contributed by atoms with E-state index in [4.69, 9.17) is 0 Å². The summed E-state index contributed by atoms with van der Waals surface area (Å²) >= 11 is 0. The molecule has 1 rings (SSSR count). The zero-order valence-corrected chi connectivity index (χ0v) is 15.3. The zero-order valence-electron chi connectivity index (χ0n) is 15.3. The van der Waals surface area contributed by atoms with Gasteiger partial charge in [0.05, 0.1) is 6.54 Å². The Morgan fingerprint density at radius 2 is 1.83 bits per heavy atom. The topological polar surface area (TPSA) is 65.5 Å². The Kier molecular flexibility index (Phi) is 10.3. The predicted octanol–water partition coefficient (Wildman–Crippen LogP) is 3.07. The molecule has 0 radical (unpaired) electrons. The molecule has 5 nitrogen and oxygen atoms in total. The van der Waals surface area contributed by atoms with Gasteiger partial charge in [-0.2, -0.15) is 0 Å². The van der Waals surface area contributed by atoms with E-state index in [1.54, 1.807) is 0 Å². The van der Waals surface area contributed by atoms with Gasteiger partial charge in [-0.05, 0) is 37.5 Å². The van der Waals surface area contributed by atoms with Crippen molar-refractivity contribution >= 4 is 11.9 Å². The van der Waals surface area contributed by atoms with Crippen LogP contribution in [-0.4, -0.2) is 31.5 Å². The van der Waals surface area contributed by atoms with Gasteiger partial charge in [0.1, 0.15) is 0 Å². The number of guanidine groups is 1. The van der Waals surface area contributed by atoms with Crippen molar-refractivity contribution in [2.75, 3.05) is 19.6 Å². The standard InChI is InChI=1S/C19H32N4O/c1-4-7-8-13-22-19(20-6-3)23-15-16-10-9-11-17(14-16)18(24)21-12-5-2/h9-11,14H,4-8,12-13,15H2,1-3H3,(H,21,24)(H2,20,22,23). The summed E-state index contributed by atoms with van der Waals surface area (Å²) in [5.41, 5.74) is 1.72. The Bertz CT molecular complexity index is 514. The summed E-state index contributed by atoms with van der Waals surface area (Å²) in [6, 6.07) is 7.66. The number of nitrogens with zero attached hydrogens (tertiary/aromatic N) is 1. The molecule has 1 amide bonds. The maximum atomic E-state index is 12.0. The lowest BCUT2D eigenvalue weighted by Gasteiger charge is -2.11. The first kappa shape index (κ1) is 20.0. The molecule has 0 aliphatic rings. The van der Waals surface area contributed by atoms with E-state index < -0.39 is 0 Å². The quantitative estimate of drug-likeness (QED) is 0.350. The number of amides is 1. The third-order valence-electron chi connectivity index (χ3n) is 3.56. The molecular weight excluding hydrogens is 300 g/mol. The first-order valence-electron chi connectivity index (χ1n) is 9.10. The average molecular weight is 332 g/mol. The minimum Gasteiger partial charge on any atom is -0.357 e. The number of hydrogen-bond donors (Lipinski definition) is 3. The summed E-state index contributed by atoms with van der Waals surface area (Å²) in [6.45, 7) is 9.32. The Hall–Kier alpha value is -2.04. The van der Waals surface area contributed by atoms with Crippen LogP contribution in [0.2, 0.25) is 0 Å². The van der Waals surface area contributed by atoms with Crippen LogP contribution in [0.1, 0.15) is 62.4 Å². The number of hydrogen-bond acceptors (Lipinski definition) is 2. The molecular formula is C19H32N4O. The molecule has 0 fully saturated rings. The van der Waals surface area contributed by atoms with Crippen LogP contribution in [0.4, 0.5) is 0 Å². The molecule has 0 aromatic heterocycles. The Balaban J connectivity index is 2.62. The Morgan fingerprint density at radius 1 is 1.00 bits per heavy atom. The SMILES string of the molecule is CCCCCNC(=NCc1cccc(C(=O)NCCC)c1)NCC. The number of rotatable bonds is 10. The van der Waals surface area contributed by atoms with Gasteiger partial charge in [-0.1, -0.05) is 38.8 Å². The van der Waals surface area contributed by atoms with E-state index in [-0.39, 0.29) is 5.91 Å². The molecule has 1 aromatic carbocycles. The van der Waals surface area contributed by atoms with E-state index in [1.165, 1.54) is 12.8 Å². The third kappa shape index (κ3) is 7.99. The number of carbonyl (C=O) groups excluding carboxylic acids is 1. The summed E-state index contributed by atoms with van der Waals surface area (Å²) in [4.78, 5) is 16.6. The van der Waals surface area contributed by atoms with Gasteiger partial charge in [-0.15, -0.1) is 0 Å². The molecule has 0 atom stereocenters. The Morgan fingerprint density at radius 3 is 2.54 bits per heavy atom. The van der Waals surface area contributed by atoms with Gasteiger partial charge in [0.15, 0.2) is 5.96 Å². The van der Waals surface area contributed by atoms with E-state index >= 15 is 0 Å². The number of aliphatic imine (C=N–C) groups is 1. The van der Waals surface area contributed by atoms with Crippen LogP contribution in [0.3, 0.4) is 0 Å². The van der Waals surface area contributed by atoms with Crippen molar-refractivity contribution in [1.82, 2.24) is 16.0 Å². The number of carbonyl (C=O) groups is 1. The number of unbranched alkanes of at least 4 members (excludes halogenated alkanes) is 2. The van der Waals surface area contributed by atoms with Crippen molar-refractivity contribution in [3.8, 4) is 0 Å². The van der Waals surface area contributed by atoms with E-state index in [2.05, 4.69) is 34.8 Å².